The molecular weight excluding hydrogens is 428 g/mol. The maximum atomic E-state index is 13.1. The van der Waals surface area contributed by atoms with Crippen LogP contribution in [0, 0.1) is 23.2 Å². The minimum Gasteiger partial charge on any atom is -0.367 e. The summed E-state index contributed by atoms with van der Waals surface area (Å²) in [5, 5.41) is 15.1. The number of piperazine rings is 1. The van der Waals surface area contributed by atoms with Gasteiger partial charge in [-0.15, -0.1) is 0 Å². The molecule has 1 aliphatic carbocycles. The molecule has 0 aromatic carbocycles. The Bertz CT molecular complexity index is 1250. The number of amides is 1. The van der Waals surface area contributed by atoms with Gasteiger partial charge < -0.3 is 19.8 Å². The first kappa shape index (κ1) is 22.1. The number of nitrogens with zero attached hydrogens (tertiary/aromatic N) is 7. The van der Waals surface area contributed by atoms with Gasteiger partial charge in [0, 0.05) is 70.4 Å². The Morgan fingerprint density at radius 3 is 2.65 bits per heavy atom. The number of H-pyrrole nitrogens is 1. The van der Waals surface area contributed by atoms with Crippen LogP contribution in [0.2, 0.25) is 0 Å². The zero-order valence-electron chi connectivity index (χ0n) is 19.7. The van der Waals surface area contributed by atoms with Crippen LogP contribution in [0.1, 0.15) is 31.2 Å². The number of aryl methyl sites for hydroxylation is 1. The highest BCUT2D eigenvalue weighted by atomic mass is 16.2. The zero-order valence-corrected chi connectivity index (χ0v) is 19.7. The molecule has 9 heteroatoms. The van der Waals surface area contributed by atoms with E-state index >= 15 is 0 Å². The van der Waals surface area contributed by atoms with Gasteiger partial charge >= 0.3 is 0 Å². The summed E-state index contributed by atoms with van der Waals surface area (Å²) in [5.74, 6) is 0.953. The summed E-state index contributed by atoms with van der Waals surface area (Å²) < 4.78 is 1.72. The molecule has 1 saturated heterocycles. The normalized spacial score (nSPS) is 21.3. The lowest BCUT2D eigenvalue weighted by atomic mass is 9.82. The molecule has 1 aliphatic heterocycles. The lowest BCUT2D eigenvalue weighted by molar-refractivity contribution is -0.137. The van der Waals surface area contributed by atoms with Gasteiger partial charge in [0.15, 0.2) is 0 Å². The molecule has 1 saturated carbocycles. The topological polar surface area (TPSA) is 106 Å². The van der Waals surface area contributed by atoms with Gasteiger partial charge in [0.2, 0.25) is 5.91 Å². The number of aliphatic imine (C=N–C) groups is 1. The number of aromatic amines is 1. The third-order valence-electron chi connectivity index (χ3n) is 7.19. The monoisotopic (exact) mass is 458 g/mol. The van der Waals surface area contributed by atoms with Gasteiger partial charge in [-0.05, 0) is 37.7 Å². The third kappa shape index (κ3) is 4.04. The first-order chi connectivity index (χ1) is 16.6. The lowest BCUT2D eigenvalue weighted by Gasteiger charge is -2.38. The molecule has 0 spiro atoms. The molecule has 5 rings (SSSR count). The number of nitrogens with one attached hydrogen (secondary N) is 1. The minimum atomic E-state index is 0.137. The van der Waals surface area contributed by atoms with Crippen LogP contribution in [0.4, 0.5) is 5.69 Å². The molecule has 2 fully saturated rings. The van der Waals surface area contributed by atoms with E-state index in [1.54, 1.807) is 17.1 Å². The van der Waals surface area contributed by atoms with Crippen LogP contribution in [0.15, 0.2) is 29.6 Å². The van der Waals surface area contributed by atoms with Gasteiger partial charge in [-0.1, -0.05) is 0 Å². The van der Waals surface area contributed by atoms with Crippen molar-refractivity contribution in [2.75, 3.05) is 38.1 Å². The summed E-state index contributed by atoms with van der Waals surface area (Å²) in [6.07, 6.45) is 11.4. The summed E-state index contributed by atoms with van der Waals surface area (Å²) in [6.45, 7) is 2.86. The quantitative estimate of drug-likeness (QED) is 0.605. The molecule has 1 amide bonds. The number of rotatable bonds is 4. The molecule has 0 radical (unpaired) electrons. The number of nitriles is 1. The van der Waals surface area contributed by atoms with E-state index in [2.05, 4.69) is 31.0 Å². The second-order valence-corrected chi connectivity index (χ2v) is 9.27. The maximum absolute atomic E-state index is 13.1. The van der Waals surface area contributed by atoms with Crippen LogP contribution in [0.5, 0.6) is 0 Å². The van der Waals surface area contributed by atoms with Crippen molar-refractivity contribution in [1.29, 1.82) is 5.26 Å². The number of fused-ring (bicyclic) bond motifs is 1. The van der Waals surface area contributed by atoms with Crippen molar-refractivity contribution in [3.63, 3.8) is 0 Å². The average Bonchev–Trinajstić information content (AvgIpc) is 3.47. The standard InChI is InChI=1S/C25H30N8O/c1-27-14-17-3-5-18(6-4-17)25(34)33-11-9-32(10-12-33)21-7-8-28-24-22(21)20(13-26)23(30-24)19-15-29-31(2)16-19/h7-8,14-18H,3-6,9-12H2,1-2H3,(H,28,30). The molecule has 1 N–H and O–H groups in total. The highest BCUT2D eigenvalue weighted by Crippen LogP contribution is 2.35. The minimum absolute atomic E-state index is 0.137. The molecule has 0 atom stereocenters. The van der Waals surface area contributed by atoms with Crippen molar-refractivity contribution in [2.45, 2.75) is 25.7 Å². The average molecular weight is 459 g/mol. The Labute approximate surface area is 199 Å². The highest BCUT2D eigenvalue weighted by molar-refractivity contribution is 6.00. The van der Waals surface area contributed by atoms with Crippen LogP contribution < -0.4 is 4.90 Å². The van der Waals surface area contributed by atoms with Crippen LogP contribution >= 0.6 is 0 Å². The number of aromatic nitrogens is 4. The molecule has 0 bridgehead atoms. The van der Waals surface area contributed by atoms with Gasteiger partial charge in [-0.2, -0.15) is 10.4 Å². The SMILES string of the molecule is CN=CC1CCC(C(=O)N2CCN(c3ccnc4[nH]c(-c5cnn(C)c5)c(C#N)c34)CC2)CC1. The number of pyridine rings is 1. The van der Waals surface area contributed by atoms with Crippen molar-refractivity contribution in [3.05, 3.63) is 30.2 Å². The second kappa shape index (κ2) is 9.29. The summed E-state index contributed by atoms with van der Waals surface area (Å²) in [5.41, 5.74) is 3.86. The molecule has 9 nitrogen and oxygen atoms in total. The smallest absolute Gasteiger partial charge is 0.225 e. The molecular formula is C25H30N8O. The van der Waals surface area contributed by atoms with Crippen molar-refractivity contribution in [3.8, 4) is 17.3 Å². The van der Waals surface area contributed by atoms with Crippen LogP contribution in [0.25, 0.3) is 22.3 Å². The van der Waals surface area contributed by atoms with E-state index in [9.17, 15) is 10.1 Å². The molecule has 4 heterocycles. The first-order valence-electron chi connectivity index (χ1n) is 11.9. The number of carbonyl (C=O) groups is 1. The number of hydrogen-bond acceptors (Lipinski definition) is 6. The van der Waals surface area contributed by atoms with Gasteiger partial charge in [0.25, 0.3) is 0 Å². The Morgan fingerprint density at radius 1 is 1.24 bits per heavy atom. The zero-order chi connectivity index (χ0) is 23.7. The van der Waals surface area contributed by atoms with Gasteiger partial charge in [0.1, 0.15) is 11.7 Å². The first-order valence-corrected chi connectivity index (χ1v) is 11.9. The molecule has 0 unspecified atom stereocenters. The summed E-state index contributed by atoms with van der Waals surface area (Å²) in [7, 11) is 3.67. The molecule has 2 aliphatic rings. The van der Waals surface area contributed by atoms with Crippen molar-refractivity contribution < 1.29 is 4.79 Å². The largest absolute Gasteiger partial charge is 0.367 e. The van der Waals surface area contributed by atoms with Crippen LogP contribution in [0.3, 0.4) is 0 Å². The third-order valence-corrected chi connectivity index (χ3v) is 7.19. The van der Waals surface area contributed by atoms with Crippen molar-refractivity contribution in [2.24, 2.45) is 23.9 Å². The fourth-order valence-corrected chi connectivity index (χ4v) is 5.39. The van der Waals surface area contributed by atoms with E-state index in [0.717, 1.165) is 61.1 Å². The summed E-state index contributed by atoms with van der Waals surface area (Å²) in [6, 6.07) is 4.35. The van der Waals surface area contributed by atoms with Gasteiger partial charge in [-0.3, -0.25) is 9.48 Å². The Balaban J connectivity index is 1.32. The number of hydrogen-bond donors (Lipinski definition) is 1. The van der Waals surface area contributed by atoms with E-state index in [1.165, 1.54) is 0 Å². The van der Waals surface area contributed by atoms with E-state index in [1.807, 2.05) is 37.5 Å². The second-order valence-electron chi connectivity index (χ2n) is 9.27. The fraction of sp³-hybridized carbons (Fsp3) is 0.480. The van der Waals surface area contributed by atoms with Crippen LogP contribution in [-0.4, -0.2) is 70.0 Å². The molecule has 176 valence electrons. The molecule has 3 aromatic heterocycles. The molecule has 3 aromatic rings. The highest BCUT2D eigenvalue weighted by Gasteiger charge is 2.31. The van der Waals surface area contributed by atoms with Crippen LogP contribution in [-0.2, 0) is 11.8 Å². The Kier molecular flexibility index (Phi) is 6.05. The van der Waals surface area contributed by atoms with E-state index < -0.39 is 0 Å². The predicted octanol–water partition coefficient (Wildman–Crippen LogP) is 2.99. The fourth-order valence-electron chi connectivity index (χ4n) is 5.39. The van der Waals surface area contributed by atoms with Crippen molar-refractivity contribution >= 4 is 28.8 Å². The Hall–Kier alpha value is -3.67. The number of carbonyl (C=O) groups excluding carboxylic acids is 1. The Morgan fingerprint density at radius 2 is 2.00 bits per heavy atom. The van der Waals surface area contributed by atoms with E-state index in [4.69, 9.17) is 0 Å². The predicted molar refractivity (Wildman–Crippen MR) is 132 cm³/mol. The van der Waals surface area contributed by atoms with Crippen molar-refractivity contribution in [1.82, 2.24) is 24.6 Å². The summed E-state index contributed by atoms with van der Waals surface area (Å²) in [4.78, 5) is 29.4. The summed E-state index contributed by atoms with van der Waals surface area (Å²) >= 11 is 0. The number of anilines is 1. The van der Waals surface area contributed by atoms with E-state index in [0.29, 0.717) is 36.1 Å². The van der Waals surface area contributed by atoms with E-state index in [-0.39, 0.29) is 5.92 Å². The lowest BCUT2D eigenvalue weighted by Crippen LogP contribution is -2.50. The molecule has 34 heavy (non-hydrogen) atoms. The van der Waals surface area contributed by atoms with Gasteiger partial charge in [0.05, 0.1) is 28.5 Å². The maximum Gasteiger partial charge on any atom is 0.225 e. The van der Waals surface area contributed by atoms with Gasteiger partial charge in [-0.25, -0.2) is 4.98 Å².